The van der Waals surface area contributed by atoms with E-state index in [4.69, 9.17) is 4.74 Å². The summed E-state index contributed by atoms with van der Waals surface area (Å²) >= 11 is 0. The Kier molecular flexibility index (Phi) is 5.63. The van der Waals surface area contributed by atoms with Gasteiger partial charge in [-0.25, -0.2) is 14.2 Å². The van der Waals surface area contributed by atoms with E-state index in [-0.39, 0.29) is 22.3 Å². The highest BCUT2D eigenvalue weighted by Crippen LogP contribution is 2.13. The van der Waals surface area contributed by atoms with Crippen molar-refractivity contribution >= 4 is 22.8 Å². The fraction of sp³-hybridized carbons (Fsp3) is 0.211. The minimum Gasteiger partial charge on any atom is -0.481 e. The molecule has 0 fully saturated rings. The Bertz CT molecular complexity index is 1250. The van der Waals surface area contributed by atoms with Crippen molar-refractivity contribution < 1.29 is 18.7 Å². The van der Waals surface area contributed by atoms with Gasteiger partial charge in [-0.3, -0.25) is 34.4 Å². The SMILES string of the molecule is CC(Oc1ccc(F)cc1)C(=O)NNC(=O)c1cnc2c(c1)c(=O)n(C)c(=O)n2C. The van der Waals surface area contributed by atoms with Crippen LogP contribution in [0.4, 0.5) is 4.39 Å². The smallest absolute Gasteiger partial charge is 0.332 e. The average Bonchev–Trinajstić information content (AvgIpc) is 2.75. The van der Waals surface area contributed by atoms with Gasteiger partial charge in [-0.15, -0.1) is 0 Å². The lowest BCUT2D eigenvalue weighted by Gasteiger charge is -2.15. The molecule has 0 aliphatic carbocycles. The molecule has 2 N–H and O–H groups in total. The number of pyridine rings is 1. The molecule has 1 unspecified atom stereocenters. The summed E-state index contributed by atoms with van der Waals surface area (Å²) in [5.41, 5.74) is 3.40. The van der Waals surface area contributed by atoms with Crippen LogP contribution < -0.4 is 26.8 Å². The summed E-state index contributed by atoms with van der Waals surface area (Å²) in [7, 11) is 2.78. The van der Waals surface area contributed by atoms with Gasteiger partial charge in [-0.2, -0.15) is 0 Å². The van der Waals surface area contributed by atoms with Gasteiger partial charge in [0.15, 0.2) is 6.10 Å². The highest BCUT2D eigenvalue weighted by molar-refractivity contribution is 5.97. The quantitative estimate of drug-likeness (QED) is 0.578. The first-order chi connectivity index (χ1) is 14.2. The summed E-state index contributed by atoms with van der Waals surface area (Å²) in [6.45, 7) is 1.45. The predicted molar refractivity (Wildman–Crippen MR) is 104 cm³/mol. The maximum Gasteiger partial charge on any atom is 0.332 e. The van der Waals surface area contributed by atoms with E-state index < -0.39 is 35.0 Å². The van der Waals surface area contributed by atoms with Crippen LogP contribution in [0.1, 0.15) is 17.3 Å². The molecule has 1 atom stereocenters. The third kappa shape index (κ3) is 4.04. The number of amides is 2. The lowest BCUT2D eigenvalue weighted by molar-refractivity contribution is -0.128. The Labute approximate surface area is 168 Å². The second kappa shape index (κ2) is 8.15. The van der Waals surface area contributed by atoms with Gasteiger partial charge in [0.25, 0.3) is 17.4 Å². The molecule has 3 aromatic rings. The Morgan fingerprint density at radius 2 is 1.77 bits per heavy atom. The van der Waals surface area contributed by atoms with Crippen molar-refractivity contribution in [1.82, 2.24) is 25.0 Å². The second-order valence-corrected chi connectivity index (χ2v) is 6.46. The van der Waals surface area contributed by atoms with Crippen LogP contribution in [-0.2, 0) is 18.9 Å². The number of nitrogens with zero attached hydrogens (tertiary/aromatic N) is 3. The number of nitrogens with one attached hydrogen (secondary N) is 2. The number of hydrogen-bond donors (Lipinski definition) is 2. The van der Waals surface area contributed by atoms with Crippen LogP contribution in [0.3, 0.4) is 0 Å². The number of rotatable bonds is 4. The largest absolute Gasteiger partial charge is 0.481 e. The molecule has 156 valence electrons. The van der Waals surface area contributed by atoms with Gasteiger partial charge in [0.1, 0.15) is 17.2 Å². The third-order valence-electron chi connectivity index (χ3n) is 4.35. The minimum absolute atomic E-state index is 0.00524. The summed E-state index contributed by atoms with van der Waals surface area (Å²) in [6, 6.07) is 6.39. The number of aromatic nitrogens is 3. The molecular formula is C19H18FN5O5. The topological polar surface area (TPSA) is 124 Å². The van der Waals surface area contributed by atoms with Crippen LogP contribution in [0.5, 0.6) is 5.75 Å². The van der Waals surface area contributed by atoms with Crippen LogP contribution >= 0.6 is 0 Å². The van der Waals surface area contributed by atoms with Gasteiger partial charge in [-0.05, 0) is 37.3 Å². The van der Waals surface area contributed by atoms with Crippen LogP contribution in [0.2, 0.25) is 0 Å². The summed E-state index contributed by atoms with van der Waals surface area (Å²) in [4.78, 5) is 52.7. The lowest BCUT2D eigenvalue weighted by atomic mass is 10.2. The van der Waals surface area contributed by atoms with E-state index in [0.717, 1.165) is 4.57 Å². The van der Waals surface area contributed by atoms with Gasteiger partial charge in [0.05, 0.1) is 10.9 Å². The molecule has 0 aliphatic rings. The number of ether oxygens (including phenoxy) is 1. The normalized spacial score (nSPS) is 11.7. The fourth-order valence-corrected chi connectivity index (χ4v) is 2.65. The molecule has 0 radical (unpaired) electrons. The van der Waals surface area contributed by atoms with Crippen LogP contribution in [0, 0.1) is 5.82 Å². The van der Waals surface area contributed by atoms with Crippen molar-refractivity contribution in [1.29, 1.82) is 0 Å². The van der Waals surface area contributed by atoms with Crippen LogP contribution in [0.15, 0.2) is 46.1 Å². The summed E-state index contributed by atoms with van der Waals surface area (Å²) in [6.07, 6.45) is 0.202. The summed E-state index contributed by atoms with van der Waals surface area (Å²) < 4.78 is 20.4. The van der Waals surface area contributed by atoms with E-state index >= 15 is 0 Å². The van der Waals surface area contributed by atoms with Gasteiger partial charge in [-0.1, -0.05) is 0 Å². The standard InChI is InChI=1S/C19H18FN5O5/c1-10(30-13-6-4-12(20)5-7-13)16(26)22-23-17(27)11-8-14-15(21-9-11)24(2)19(29)25(3)18(14)28/h4-10H,1-3H3,(H,22,26)(H,23,27). The Morgan fingerprint density at radius 3 is 2.43 bits per heavy atom. The number of fused-ring (bicyclic) bond motifs is 1. The van der Waals surface area contributed by atoms with E-state index in [0.29, 0.717) is 0 Å². The third-order valence-corrected chi connectivity index (χ3v) is 4.35. The van der Waals surface area contributed by atoms with Crippen LogP contribution in [0.25, 0.3) is 11.0 Å². The first-order valence-corrected chi connectivity index (χ1v) is 8.77. The van der Waals surface area contributed by atoms with E-state index in [1.54, 1.807) is 0 Å². The highest BCUT2D eigenvalue weighted by atomic mass is 19.1. The monoisotopic (exact) mass is 415 g/mol. The molecule has 3 rings (SSSR count). The molecule has 0 spiro atoms. The molecule has 2 heterocycles. The Morgan fingerprint density at radius 1 is 1.10 bits per heavy atom. The molecule has 2 amide bonds. The predicted octanol–water partition coefficient (Wildman–Crippen LogP) is -0.000200. The molecule has 11 heteroatoms. The number of hydrazine groups is 1. The number of halogens is 1. The zero-order chi connectivity index (χ0) is 22.0. The van der Waals surface area contributed by atoms with Gasteiger partial charge >= 0.3 is 5.69 Å². The van der Waals surface area contributed by atoms with Crippen molar-refractivity contribution in [2.45, 2.75) is 13.0 Å². The molecule has 0 aliphatic heterocycles. The Balaban J connectivity index is 1.70. The van der Waals surface area contributed by atoms with Gasteiger partial charge in [0.2, 0.25) is 0 Å². The second-order valence-electron chi connectivity index (χ2n) is 6.46. The molecule has 0 saturated carbocycles. The van der Waals surface area contributed by atoms with Gasteiger partial charge < -0.3 is 4.74 Å². The van der Waals surface area contributed by atoms with E-state index in [9.17, 15) is 23.6 Å². The first-order valence-electron chi connectivity index (χ1n) is 8.77. The first kappa shape index (κ1) is 20.7. The number of carbonyl (C=O) groups is 2. The number of aryl methyl sites for hydroxylation is 1. The Hall–Kier alpha value is -4.02. The van der Waals surface area contributed by atoms with Crippen molar-refractivity contribution in [3.8, 4) is 5.75 Å². The van der Waals surface area contributed by atoms with Crippen molar-refractivity contribution in [3.63, 3.8) is 0 Å². The maximum absolute atomic E-state index is 12.9. The molecule has 0 bridgehead atoms. The van der Waals surface area contributed by atoms with E-state index in [1.807, 2.05) is 0 Å². The average molecular weight is 415 g/mol. The van der Waals surface area contributed by atoms with E-state index in [2.05, 4.69) is 15.8 Å². The van der Waals surface area contributed by atoms with Crippen LogP contribution in [-0.4, -0.2) is 32.0 Å². The fourth-order valence-electron chi connectivity index (χ4n) is 2.65. The van der Waals surface area contributed by atoms with Crippen molar-refractivity contribution in [3.05, 3.63) is 68.7 Å². The lowest BCUT2D eigenvalue weighted by Crippen LogP contribution is -2.47. The molecule has 30 heavy (non-hydrogen) atoms. The number of carbonyl (C=O) groups excluding carboxylic acids is 2. The van der Waals surface area contributed by atoms with Crippen molar-refractivity contribution in [2.24, 2.45) is 14.1 Å². The zero-order valence-electron chi connectivity index (χ0n) is 16.3. The highest BCUT2D eigenvalue weighted by Gasteiger charge is 2.17. The van der Waals surface area contributed by atoms with Gasteiger partial charge in [0, 0.05) is 20.3 Å². The number of hydrogen-bond acceptors (Lipinski definition) is 6. The maximum atomic E-state index is 12.9. The van der Waals surface area contributed by atoms with E-state index in [1.165, 1.54) is 62.1 Å². The minimum atomic E-state index is -0.979. The summed E-state index contributed by atoms with van der Waals surface area (Å²) in [5.74, 6) is -1.53. The molecule has 0 saturated heterocycles. The van der Waals surface area contributed by atoms with Crippen molar-refractivity contribution in [2.75, 3.05) is 0 Å². The molecule has 2 aromatic heterocycles. The zero-order valence-corrected chi connectivity index (χ0v) is 16.3. The number of benzene rings is 1. The molecular weight excluding hydrogens is 397 g/mol. The molecule has 10 nitrogen and oxygen atoms in total. The summed E-state index contributed by atoms with van der Waals surface area (Å²) in [5, 5.41) is 0.0755. The molecule has 1 aromatic carbocycles.